The van der Waals surface area contributed by atoms with Crippen LogP contribution in [-0.2, 0) is 13.0 Å². The lowest BCUT2D eigenvalue weighted by atomic mass is 10.1. The maximum Gasteiger partial charge on any atom is 0.272 e. The molecule has 5 N–H and O–H groups in total. The van der Waals surface area contributed by atoms with Crippen molar-refractivity contribution in [3.05, 3.63) is 117 Å². The van der Waals surface area contributed by atoms with E-state index in [0.29, 0.717) is 33.6 Å². The molecule has 18 heteroatoms. The van der Waals surface area contributed by atoms with Crippen LogP contribution in [-0.4, -0.2) is 74.7 Å². The molecule has 0 saturated carbocycles. The molecule has 0 aliphatic carbocycles. The monoisotopic (exact) mass is 805 g/mol. The average Bonchev–Trinajstić information content (AvgIpc) is 4.10. The third-order valence-electron chi connectivity index (χ3n) is 7.42. The Kier molecular flexibility index (Phi) is 9.05. The van der Waals surface area contributed by atoms with Gasteiger partial charge in [0.1, 0.15) is 29.2 Å². The zero-order valence-corrected chi connectivity index (χ0v) is 30.6. The number of hydrogen-bond donors (Lipinski definition) is 5. The van der Waals surface area contributed by atoms with E-state index in [1.807, 2.05) is 12.1 Å². The Morgan fingerprint density at radius 1 is 0.839 bits per heavy atom. The predicted octanol–water partition coefficient (Wildman–Crippen LogP) is 5.49. The molecule has 0 aliphatic rings. The molecule has 0 bridgehead atoms. The number of ketones is 1. The molecule has 3 atom stereocenters. The number of carbonyl (C=O) groups excluding carboxylic acids is 3. The molecule has 4 aromatic heterocycles. The van der Waals surface area contributed by atoms with Crippen LogP contribution in [0, 0.1) is 22.7 Å². The van der Waals surface area contributed by atoms with Crippen LogP contribution in [0.3, 0.4) is 0 Å². The minimum absolute atomic E-state index is 0.196. The maximum atomic E-state index is 12.5. The maximum absolute atomic E-state index is 12.5. The Balaban J connectivity index is 0.000000251. The Morgan fingerprint density at radius 3 is 1.88 bits per heavy atom. The van der Waals surface area contributed by atoms with Gasteiger partial charge < -0.3 is 15.7 Å². The van der Waals surface area contributed by atoms with Crippen LogP contribution < -0.4 is 10.6 Å². The van der Waals surface area contributed by atoms with Gasteiger partial charge in [-0.3, -0.25) is 33.9 Å². The number of aromatic amines is 2. The molecule has 286 valence electrons. The van der Waals surface area contributed by atoms with Gasteiger partial charge in [0, 0.05) is 50.7 Å². The third kappa shape index (κ3) is 10.3. The Bertz CT molecular complexity index is 2910. The van der Waals surface area contributed by atoms with E-state index < -0.39 is 73.8 Å². The molecule has 6 aromatic rings. The van der Waals surface area contributed by atoms with Crippen molar-refractivity contribution in [1.29, 1.82) is 10.5 Å². The van der Waals surface area contributed by atoms with E-state index in [9.17, 15) is 19.5 Å². The summed E-state index contributed by atoms with van der Waals surface area (Å²) >= 11 is 12.1. The number of benzene rings is 2. The van der Waals surface area contributed by atoms with Crippen molar-refractivity contribution >= 4 is 40.8 Å². The molecule has 16 nitrogen and oxygen atoms in total. The third-order valence-corrected chi connectivity index (χ3v) is 8.04. The molecule has 2 aromatic carbocycles. The summed E-state index contributed by atoms with van der Waals surface area (Å²) in [5.41, 5.74) is 1.08. The molecular formula is C38H36Cl2N12O4. The van der Waals surface area contributed by atoms with Gasteiger partial charge in [-0.1, -0.05) is 35.3 Å². The van der Waals surface area contributed by atoms with Gasteiger partial charge in [0.25, 0.3) is 11.8 Å². The van der Waals surface area contributed by atoms with E-state index in [-0.39, 0.29) is 21.4 Å². The van der Waals surface area contributed by atoms with Crippen molar-refractivity contribution in [2.75, 3.05) is 0 Å². The van der Waals surface area contributed by atoms with E-state index in [4.69, 9.17) is 48.8 Å². The standard InChI is InChI=1S/C19H19ClN6O2.C19H17ClN6O2/c2*1-11(22-19(28)18-8-17(12(2)27)23-24-18)10-26-6-5-16(25-26)13-3-4-14(9-21)15(20)7-13/h3-8,11-12,27H,10H2,1-2H3,(H,22,28)(H,23,24);3-8,11H,10H2,1-2H3,(H,22,28)(H,23,24)/t11-,12?;11-/m00/s1/i2D3,10D2,12D;2D3,10D2. The number of amides is 2. The number of Topliss-reactive ketones (excluding diaryl/α,β-unsaturated/α-hetero) is 1. The van der Waals surface area contributed by atoms with Crippen molar-refractivity contribution < 1.29 is 34.6 Å². The topological polar surface area (TPSA) is 236 Å². The molecule has 1 unspecified atom stereocenters. The largest absolute Gasteiger partial charge is 0.387 e. The first-order valence-corrected chi connectivity index (χ1v) is 16.8. The molecule has 0 fully saturated rings. The summed E-state index contributed by atoms with van der Waals surface area (Å²) in [5, 5.41) is 53.3. The molecule has 6 rings (SSSR count). The van der Waals surface area contributed by atoms with E-state index in [1.54, 1.807) is 30.3 Å². The highest BCUT2D eigenvalue weighted by atomic mass is 35.5. The smallest absolute Gasteiger partial charge is 0.272 e. The molecule has 56 heavy (non-hydrogen) atoms. The second kappa shape index (κ2) is 18.2. The Morgan fingerprint density at radius 2 is 1.38 bits per heavy atom. The van der Waals surface area contributed by atoms with Gasteiger partial charge in [-0.15, -0.1) is 0 Å². The number of aromatic nitrogens is 8. The summed E-state index contributed by atoms with van der Waals surface area (Å²) in [6.07, 6.45) is -0.223. The van der Waals surface area contributed by atoms with Crippen LogP contribution in [0.4, 0.5) is 0 Å². The van der Waals surface area contributed by atoms with Gasteiger partial charge in [0.05, 0.1) is 64.2 Å². The molecular weight excluding hydrogens is 759 g/mol. The van der Waals surface area contributed by atoms with Gasteiger partial charge in [0.2, 0.25) is 0 Å². The minimum atomic E-state index is -3.09. The number of nitrogens with zero attached hydrogens (tertiary/aromatic N) is 8. The predicted molar refractivity (Wildman–Crippen MR) is 206 cm³/mol. The van der Waals surface area contributed by atoms with Crippen LogP contribution in [0.25, 0.3) is 22.5 Å². The van der Waals surface area contributed by atoms with Crippen LogP contribution in [0.2, 0.25) is 10.0 Å². The van der Waals surface area contributed by atoms with E-state index >= 15 is 0 Å². The second-order valence-corrected chi connectivity index (χ2v) is 12.4. The second-order valence-electron chi connectivity index (χ2n) is 11.6. The highest BCUT2D eigenvalue weighted by molar-refractivity contribution is 6.32. The number of rotatable bonds is 12. The highest BCUT2D eigenvalue weighted by Crippen LogP contribution is 2.25. The van der Waals surface area contributed by atoms with Crippen molar-refractivity contribution in [2.45, 2.75) is 58.7 Å². The first-order valence-electron chi connectivity index (χ1n) is 21.6. The number of nitrogens with one attached hydrogen (secondary N) is 4. The molecule has 0 aliphatic heterocycles. The van der Waals surface area contributed by atoms with Gasteiger partial charge in [-0.25, -0.2) is 0 Å². The summed E-state index contributed by atoms with van der Waals surface area (Å²) in [6.45, 7) is -7.53. The summed E-state index contributed by atoms with van der Waals surface area (Å²) in [6, 6.07) is 16.1. The zero-order valence-electron chi connectivity index (χ0n) is 40.1. The van der Waals surface area contributed by atoms with E-state index in [2.05, 4.69) is 41.2 Å². The molecule has 0 spiro atoms. The van der Waals surface area contributed by atoms with Gasteiger partial charge in [0.15, 0.2) is 5.78 Å². The summed E-state index contributed by atoms with van der Waals surface area (Å²) in [4.78, 5) is 36.8. The normalized spacial score (nSPS) is 16.7. The van der Waals surface area contributed by atoms with Crippen LogP contribution >= 0.6 is 23.2 Å². The lowest BCUT2D eigenvalue weighted by Crippen LogP contribution is -2.36. The van der Waals surface area contributed by atoms with Gasteiger partial charge in [-0.05, 0) is 69.2 Å². The van der Waals surface area contributed by atoms with Crippen LogP contribution in [0.1, 0.15) is 97.0 Å². The number of nitriles is 2. The number of H-pyrrole nitrogens is 2. The minimum Gasteiger partial charge on any atom is -0.387 e. The fourth-order valence-electron chi connectivity index (χ4n) is 4.75. The van der Waals surface area contributed by atoms with Crippen LogP contribution in [0.15, 0.2) is 73.1 Å². The Hall–Kier alpha value is -6.59. The highest BCUT2D eigenvalue weighted by Gasteiger charge is 2.17. The fraction of sp³-hybridized carbons (Fsp3) is 0.237. The van der Waals surface area contributed by atoms with Crippen molar-refractivity contribution in [3.8, 4) is 34.7 Å². The summed E-state index contributed by atoms with van der Waals surface area (Å²) < 4.78 is 86.4. The van der Waals surface area contributed by atoms with Crippen molar-refractivity contribution in [1.82, 2.24) is 50.6 Å². The van der Waals surface area contributed by atoms with E-state index in [1.165, 1.54) is 44.4 Å². The first kappa shape index (κ1) is 27.9. The summed E-state index contributed by atoms with van der Waals surface area (Å²) in [7, 11) is 0. The van der Waals surface area contributed by atoms with Gasteiger partial charge >= 0.3 is 0 Å². The zero-order chi connectivity index (χ0) is 50.0. The van der Waals surface area contributed by atoms with Gasteiger partial charge in [-0.2, -0.15) is 30.9 Å². The average molecular weight is 807 g/mol. The number of carbonyl (C=O) groups is 3. The molecule has 0 saturated heterocycles. The fourth-order valence-corrected chi connectivity index (χ4v) is 5.20. The number of aliphatic hydroxyl groups is 1. The van der Waals surface area contributed by atoms with E-state index in [0.717, 1.165) is 21.5 Å². The number of halogens is 2. The summed E-state index contributed by atoms with van der Waals surface area (Å²) in [5.74, 6) is -2.85. The molecule has 4 heterocycles. The molecule has 2 amide bonds. The SMILES string of the molecule is [2H]C([2H])([2H])C(=O)c1cc(C(=O)N[C@@H](C)C([2H])([2H])n2ccc(-c3ccc(C#N)c(Cl)c3)n2)[nH]n1.[2H]C([2H])([C@H](C)NC(=O)c1cc(C([2H])(O)C([2H])([2H])[2H])[nH]n1)n1ccc(-c2ccc(C#N)c(Cl)c2)n1. The Labute approximate surface area is 346 Å². The number of hydrogen-bond acceptors (Lipinski definition) is 10. The lowest BCUT2D eigenvalue weighted by molar-refractivity contribution is 0.0922. The quantitative estimate of drug-likeness (QED) is 0.0976. The van der Waals surface area contributed by atoms with Crippen LogP contribution in [0.5, 0.6) is 0 Å². The first-order chi connectivity index (χ1) is 31.0. The van der Waals surface area contributed by atoms with Crippen molar-refractivity contribution in [3.63, 3.8) is 0 Å². The molecule has 0 radical (unpaired) electrons. The van der Waals surface area contributed by atoms with Crippen molar-refractivity contribution in [2.24, 2.45) is 0 Å². The lowest BCUT2D eigenvalue weighted by Gasteiger charge is -2.13.